The summed E-state index contributed by atoms with van der Waals surface area (Å²) in [4.78, 5) is 11.5. The van der Waals surface area contributed by atoms with Gasteiger partial charge in [0.2, 0.25) is 0 Å². The fourth-order valence-electron chi connectivity index (χ4n) is 2.72. The molecule has 0 radical (unpaired) electrons. The smallest absolute Gasteiger partial charge is 0.309 e. The molecule has 4 heteroatoms. The first-order valence-electron chi connectivity index (χ1n) is 6.64. The molecule has 3 nitrogen and oxygen atoms in total. The number of rotatable bonds is 5. The fourth-order valence-corrected chi connectivity index (χ4v) is 2.98. The zero-order valence-corrected chi connectivity index (χ0v) is 12.1. The fraction of sp³-hybridized carbons (Fsp3) is 0.533. The molecule has 0 saturated heterocycles. The molecule has 0 spiro atoms. The Labute approximate surface area is 118 Å². The lowest BCUT2D eigenvalue weighted by Crippen LogP contribution is -2.30. The predicted octanol–water partition coefficient (Wildman–Crippen LogP) is 3.71. The number of hydrogen-bond acceptors (Lipinski definition) is 2. The maximum Gasteiger partial charge on any atom is 0.309 e. The number of halogens is 1. The van der Waals surface area contributed by atoms with Gasteiger partial charge in [0.05, 0.1) is 12.0 Å². The average Bonchev–Trinajstić information content (AvgIpc) is 2.77. The summed E-state index contributed by atoms with van der Waals surface area (Å²) in [5, 5.41) is 10.1. The second-order valence-corrected chi connectivity index (χ2v) is 5.88. The lowest BCUT2D eigenvalue weighted by Gasteiger charge is -2.25. The number of carboxylic acid groups (broad SMARTS) is 1. The highest BCUT2D eigenvalue weighted by Crippen LogP contribution is 2.38. The zero-order chi connectivity index (χ0) is 14.0. The number of aliphatic carboxylic acids is 1. The van der Waals surface area contributed by atoms with Gasteiger partial charge in [-0.25, -0.2) is 0 Å². The van der Waals surface area contributed by atoms with Gasteiger partial charge in [-0.2, -0.15) is 0 Å². The van der Waals surface area contributed by atoms with Gasteiger partial charge in [-0.1, -0.05) is 24.9 Å². The molecular weight excluding hydrogens is 264 g/mol. The summed E-state index contributed by atoms with van der Waals surface area (Å²) in [5.74, 6) is 0.0778. The minimum atomic E-state index is -0.765. The van der Waals surface area contributed by atoms with Crippen LogP contribution in [-0.4, -0.2) is 17.7 Å². The third kappa shape index (κ3) is 2.86. The van der Waals surface area contributed by atoms with Crippen LogP contribution in [0.25, 0.3) is 0 Å². The summed E-state index contributed by atoms with van der Waals surface area (Å²) in [6.07, 6.45) is 2.79. The summed E-state index contributed by atoms with van der Waals surface area (Å²) in [7, 11) is 0. The molecule has 0 bridgehead atoms. The van der Waals surface area contributed by atoms with Gasteiger partial charge in [-0.15, -0.1) is 0 Å². The first kappa shape index (κ1) is 14.2. The van der Waals surface area contributed by atoms with Crippen LogP contribution in [0, 0.1) is 5.41 Å². The molecule has 0 amide bonds. The Morgan fingerprint density at radius 3 is 2.89 bits per heavy atom. The van der Waals surface area contributed by atoms with E-state index in [9.17, 15) is 9.90 Å². The minimum absolute atomic E-state index is 0.457. The molecule has 1 N–H and O–H groups in total. The minimum Gasteiger partial charge on any atom is -0.493 e. The number of carbonyl (C=O) groups is 1. The van der Waals surface area contributed by atoms with Crippen molar-refractivity contribution in [3.05, 3.63) is 28.3 Å². The van der Waals surface area contributed by atoms with Crippen molar-refractivity contribution in [3.63, 3.8) is 0 Å². The molecule has 1 aliphatic rings. The lowest BCUT2D eigenvalue weighted by atomic mass is 9.79. The summed E-state index contributed by atoms with van der Waals surface area (Å²) in [6, 6.07) is 3.74. The standard InChI is InChI=1S/C15H19ClO3/c1-3-5-15(2,14(17)18)9-11-8-12(16)7-10-4-6-19-13(10)11/h7-8H,3-6,9H2,1-2H3,(H,17,18). The van der Waals surface area contributed by atoms with Crippen LogP contribution in [0.5, 0.6) is 5.75 Å². The van der Waals surface area contributed by atoms with Gasteiger partial charge >= 0.3 is 5.97 Å². The first-order chi connectivity index (χ1) is 8.96. The zero-order valence-electron chi connectivity index (χ0n) is 11.3. The second-order valence-electron chi connectivity index (χ2n) is 5.44. The van der Waals surface area contributed by atoms with Gasteiger partial charge in [-0.3, -0.25) is 4.79 Å². The van der Waals surface area contributed by atoms with E-state index in [1.165, 1.54) is 0 Å². The van der Waals surface area contributed by atoms with Crippen LogP contribution in [0.4, 0.5) is 0 Å². The van der Waals surface area contributed by atoms with Crippen molar-refractivity contribution in [3.8, 4) is 5.75 Å². The monoisotopic (exact) mass is 282 g/mol. The molecule has 0 aliphatic carbocycles. The topological polar surface area (TPSA) is 46.5 Å². The summed E-state index contributed by atoms with van der Waals surface area (Å²) >= 11 is 6.11. The highest BCUT2D eigenvalue weighted by molar-refractivity contribution is 6.30. The molecule has 0 aromatic heterocycles. The van der Waals surface area contributed by atoms with E-state index in [-0.39, 0.29) is 0 Å². The molecule has 19 heavy (non-hydrogen) atoms. The molecule has 1 heterocycles. The Morgan fingerprint density at radius 1 is 1.53 bits per heavy atom. The van der Waals surface area contributed by atoms with Crippen molar-refractivity contribution in [2.75, 3.05) is 6.61 Å². The van der Waals surface area contributed by atoms with E-state index in [2.05, 4.69) is 0 Å². The number of benzene rings is 1. The van der Waals surface area contributed by atoms with Crippen LogP contribution in [0.1, 0.15) is 37.8 Å². The normalized spacial score (nSPS) is 16.6. The van der Waals surface area contributed by atoms with Gasteiger partial charge in [0, 0.05) is 11.4 Å². The maximum absolute atomic E-state index is 11.5. The van der Waals surface area contributed by atoms with Crippen LogP contribution in [0.3, 0.4) is 0 Å². The van der Waals surface area contributed by atoms with Crippen LogP contribution in [0.2, 0.25) is 5.02 Å². The number of hydrogen-bond donors (Lipinski definition) is 1. The van der Waals surface area contributed by atoms with Crippen LogP contribution in [0.15, 0.2) is 12.1 Å². The average molecular weight is 283 g/mol. The van der Waals surface area contributed by atoms with E-state index in [1.54, 1.807) is 6.92 Å². The first-order valence-corrected chi connectivity index (χ1v) is 7.01. The third-order valence-corrected chi connectivity index (χ3v) is 3.94. The number of carboxylic acids is 1. The van der Waals surface area contributed by atoms with Crippen molar-refractivity contribution in [2.45, 2.75) is 39.5 Å². The van der Waals surface area contributed by atoms with E-state index in [0.717, 1.165) is 29.7 Å². The Bertz CT molecular complexity index is 498. The number of ether oxygens (including phenoxy) is 1. The van der Waals surface area contributed by atoms with Crippen molar-refractivity contribution in [1.82, 2.24) is 0 Å². The third-order valence-electron chi connectivity index (χ3n) is 3.72. The van der Waals surface area contributed by atoms with E-state index < -0.39 is 11.4 Å². The van der Waals surface area contributed by atoms with Crippen molar-refractivity contribution >= 4 is 17.6 Å². The van der Waals surface area contributed by atoms with Crippen molar-refractivity contribution < 1.29 is 14.6 Å². The van der Waals surface area contributed by atoms with Crippen LogP contribution in [-0.2, 0) is 17.6 Å². The van der Waals surface area contributed by atoms with E-state index in [0.29, 0.717) is 24.5 Å². The molecule has 104 valence electrons. The molecule has 1 aliphatic heterocycles. The van der Waals surface area contributed by atoms with Crippen molar-refractivity contribution in [2.24, 2.45) is 5.41 Å². The summed E-state index contributed by atoms with van der Waals surface area (Å²) in [6.45, 7) is 4.45. The molecule has 0 saturated carbocycles. The highest BCUT2D eigenvalue weighted by atomic mass is 35.5. The quantitative estimate of drug-likeness (QED) is 0.895. The highest BCUT2D eigenvalue weighted by Gasteiger charge is 2.34. The van der Waals surface area contributed by atoms with Gasteiger partial charge < -0.3 is 9.84 Å². The van der Waals surface area contributed by atoms with E-state index in [1.807, 2.05) is 19.1 Å². The summed E-state index contributed by atoms with van der Waals surface area (Å²) in [5.41, 5.74) is 1.24. The molecule has 2 rings (SSSR count). The summed E-state index contributed by atoms with van der Waals surface area (Å²) < 4.78 is 5.64. The van der Waals surface area contributed by atoms with Gasteiger partial charge in [0.15, 0.2) is 0 Å². The predicted molar refractivity (Wildman–Crippen MR) is 75.0 cm³/mol. The van der Waals surface area contributed by atoms with E-state index >= 15 is 0 Å². The van der Waals surface area contributed by atoms with E-state index in [4.69, 9.17) is 16.3 Å². The van der Waals surface area contributed by atoms with Gasteiger partial charge in [-0.05, 0) is 43.0 Å². The van der Waals surface area contributed by atoms with Crippen LogP contribution >= 0.6 is 11.6 Å². The lowest BCUT2D eigenvalue weighted by molar-refractivity contribution is -0.148. The Morgan fingerprint density at radius 2 is 2.26 bits per heavy atom. The molecule has 1 atom stereocenters. The largest absolute Gasteiger partial charge is 0.493 e. The Kier molecular flexibility index (Phi) is 4.04. The molecular formula is C15H19ClO3. The Hall–Kier alpha value is -1.22. The Balaban J connectivity index is 2.35. The second kappa shape index (κ2) is 5.41. The number of fused-ring (bicyclic) bond motifs is 1. The van der Waals surface area contributed by atoms with Crippen LogP contribution < -0.4 is 4.74 Å². The maximum atomic E-state index is 11.5. The SMILES string of the molecule is CCCC(C)(Cc1cc(Cl)cc2c1OCC2)C(=O)O. The molecule has 0 fully saturated rings. The molecule has 1 aromatic rings. The van der Waals surface area contributed by atoms with Gasteiger partial charge in [0.1, 0.15) is 5.75 Å². The van der Waals surface area contributed by atoms with Crippen molar-refractivity contribution in [1.29, 1.82) is 0 Å². The molecule has 1 aromatic carbocycles. The van der Waals surface area contributed by atoms with Gasteiger partial charge in [0.25, 0.3) is 0 Å². The molecule has 1 unspecified atom stereocenters.